The number of halogens is 1. The first kappa shape index (κ1) is 13.1. The van der Waals surface area contributed by atoms with Gasteiger partial charge in [0.2, 0.25) is 0 Å². The fourth-order valence-corrected chi connectivity index (χ4v) is 1.92. The first-order chi connectivity index (χ1) is 7.22. The van der Waals surface area contributed by atoms with E-state index < -0.39 is 0 Å². The summed E-state index contributed by atoms with van der Waals surface area (Å²) in [4.78, 5) is 13.8. The summed E-state index contributed by atoms with van der Waals surface area (Å²) in [5.74, 6) is 0.488. The number of nitrogens with one attached hydrogen (secondary N) is 1. The average Bonchev–Trinajstić information content (AvgIpc) is 2.84. The van der Waals surface area contributed by atoms with Crippen LogP contribution in [0.3, 0.4) is 0 Å². The van der Waals surface area contributed by atoms with Crippen LogP contribution >= 0.6 is 12.4 Å². The number of furan rings is 1. The molecule has 1 atom stereocenters. The van der Waals surface area contributed by atoms with Crippen LogP contribution in [0.5, 0.6) is 0 Å². The standard InChI is InChI=1S/C11H16N2O2.ClH/c1-8-4-6-15-10(8)11(14)13-5-3-9(7-13)12-2;/h4,6,9,12H,3,5,7H2,1-2H3;1H. The van der Waals surface area contributed by atoms with Gasteiger partial charge in [0.1, 0.15) is 0 Å². The SMILES string of the molecule is CNC1CCN(C(=O)c2occc2C)C1.Cl. The molecule has 1 aliphatic heterocycles. The van der Waals surface area contributed by atoms with Gasteiger partial charge in [-0.05, 0) is 26.5 Å². The van der Waals surface area contributed by atoms with E-state index in [-0.39, 0.29) is 18.3 Å². The van der Waals surface area contributed by atoms with Crippen molar-refractivity contribution in [2.45, 2.75) is 19.4 Å². The van der Waals surface area contributed by atoms with Crippen LogP contribution in [0.4, 0.5) is 0 Å². The Hall–Kier alpha value is -1.00. The van der Waals surface area contributed by atoms with Crippen molar-refractivity contribution in [3.63, 3.8) is 0 Å². The summed E-state index contributed by atoms with van der Waals surface area (Å²) in [6.45, 7) is 3.47. The molecule has 0 saturated carbocycles. The van der Waals surface area contributed by atoms with Gasteiger partial charge in [-0.15, -0.1) is 12.4 Å². The molecule has 90 valence electrons. The number of carbonyl (C=O) groups is 1. The fourth-order valence-electron chi connectivity index (χ4n) is 1.92. The number of hydrogen-bond donors (Lipinski definition) is 1. The quantitative estimate of drug-likeness (QED) is 0.857. The van der Waals surface area contributed by atoms with Gasteiger partial charge in [0.05, 0.1) is 6.26 Å². The smallest absolute Gasteiger partial charge is 0.289 e. The third-order valence-corrected chi connectivity index (χ3v) is 2.94. The maximum atomic E-state index is 12.0. The molecule has 4 nitrogen and oxygen atoms in total. The maximum absolute atomic E-state index is 12.0. The fraction of sp³-hybridized carbons (Fsp3) is 0.545. The molecular weight excluding hydrogens is 228 g/mol. The molecule has 1 aromatic heterocycles. The molecule has 1 fully saturated rings. The molecule has 1 aliphatic rings. The Labute approximate surface area is 101 Å². The van der Waals surface area contributed by atoms with Crippen LogP contribution in [0.1, 0.15) is 22.5 Å². The van der Waals surface area contributed by atoms with Crippen LogP contribution in [0.2, 0.25) is 0 Å². The average molecular weight is 245 g/mol. The summed E-state index contributed by atoms with van der Waals surface area (Å²) in [6.07, 6.45) is 2.58. The van der Waals surface area contributed by atoms with Crippen LogP contribution < -0.4 is 5.32 Å². The van der Waals surface area contributed by atoms with E-state index in [1.54, 1.807) is 6.26 Å². The van der Waals surface area contributed by atoms with Gasteiger partial charge in [-0.2, -0.15) is 0 Å². The minimum absolute atomic E-state index is 0. The highest BCUT2D eigenvalue weighted by Gasteiger charge is 2.28. The van der Waals surface area contributed by atoms with E-state index >= 15 is 0 Å². The lowest BCUT2D eigenvalue weighted by Crippen LogP contribution is -2.33. The van der Waals surface area contributed by atoms with Crippen molar-refractivity contribution in [2.24, 2.45) is 0 Å². The summed E-state index contributed by atoms with van der Waals surface area (Å²) in [7, 11) is 1.93. The van der Waals surface area contributed by atoms with Crippen molar-refractivity contribution in [3.8, 4) is 0 Å². The first-order valence-electron chi connectivity index (χ1n) is 5.23. The summed E-state index contributed by atoms with van der Waals surface area (Å²) in [5.41, 5.74) is 0.910. The molecule has 0 bridgehead atoms. The maximum Gasteiger partial charge on any atom is 0.289 e. The number of aryl methyl sites for hydroxylation is 1. The molecule has 2 rings (SSSR count). The topological polar surface area (TPSA) is 45.5 Å². The van der Waals surface area contributed by atoms with Crippen molar-refractivity contribution >= 4 is 18.3 Å². The van der Waals surface area contributed by atoms with Crippen molar-refractivity contribution in [2.75, 3.05) is 20.1 Å². The number of hydrogen-bond acceptors (Lipinski definition) is 3. The van der Waals surface area contributed by atoms with E-state index in [0.717, 1.165) is 25.1 Å². The monoisotopic (exact) mass is 244 g/mol. The number of likely N-dealkylation sites (tertiary alicyclic amines) is 1. The van der Waals surface area contributed by atoms with E-state index in [0.29, 0.717) is 11.8 Å². The van der Waals surface area contributed by atoms with E-state index in [1.807, 2.05) is 24.9 Å². The van der Waals surface area contributed by atoms with Crippen molar-refractivity contribution in [3.05, 3.63) is 23.7 Å². The molecule has 1 amide bonds. The van der Waals surface area contributed by atoms with Crippen LogP contribution in [-0.4, -0.2) is 37.0 Å². The Morgan fingerprint density at radius 1 is 1.62 bits per heavy atom. The van der Waals surface area contributed by atoms with Gasteiger partial charge in [-0.25, -0.2) is 0 Å². The molecule has 0 aliphatic carbocycles. The molecule has 1 saturated heterocycles. The Balaban J connectivity index is 0.00000128. The molecule has 1 N–H and O–H groups in total. The predicted octanol–water partition coefficient (Wildman–Crippen LogP) is 1.44. The van der Waals surface area contributed by atoms with Crippen molar-refractivity contribution in [1.29, 1.82) is 0 Å². The zero-order valence-electron chi connectivity index (χ0n) is 9.53. The number of carbonyl (C=O) groups excluding carboxylic acids is 1. The molecule has 1 aromatic rings. The minimum Gasteiger partial charge on any atom is -0.459 e. The van der Waals surface area contributed by atoms with Gasteiger partial charge in [0.25, 0.3) is 5.91 Å². The van der Waals surface area contributed by atoms with Gasteiger partial charge in [0.15, 0.2) is 5.76 Å². The molecule has 0 aromatic carbocycles. The number of nitrogens with zero attached hydrogens (tertiary/aromatic N) is 1. The summed E-state index contributed by atoms with van der Waals surface area (Å²) in [6, 6.07) is 2.24. The summed E-state index contributed by atoms with van der Waals surface area (Å²) in [5, 5.41) is 3.18. The number of likely N-dealkylation sites (N-methyl/N-ethyl adjacent to an activating group) is 1. The lowest BCUT2D eigenvalue weighted by atomic mass is 10.2. The molecule has 0 spiro atoms. The van der Waals surface area contributed by atoms with Crippen molar-refractivity contribution in [1.82, 2.24) is 10.2 Å². The van der Waals surface area contributed by atoms with Crippen LogP contribution in [0.15, 0.2) is 16.7 Å². The van der Waals surface area contributed by atoms with Crippen LogP contribution in [-0.2, 0) is 0 Å². The van der Waals surface area contributed by atoms with E-state index in [2.05, 4.69) is 5.32 Å². The Bertz CT molecular complexity index is 365. The Kier molecular flexibility index (Phi) is 4.38. The molecule has 1 unspecified atom stereocenters. The molecule has 2 heterocycles. The molecule has 5 heteroatoms. The van der Waals surface area contributed by atoms with E-state index in [4.69, 9.17) is 4.42 Å². The van der Waals surface area contributed by atoms with Crippen LogP contribution in [0, 0.1) is 6.92 Å². The zero-order valence-corrected chi connectivity index (χ0v) is 10.3. The first-order valence-corrected chi connectivity index (χ1v) is 5.23. The lowest BCUT2D eigenvalue weighted by Gasteiger charge is -2.15. The highest BCUT2D eigenvalue weighted by atomic mass is 35.5. The second-order valence-corrected chi connectivity index (χ2v) is 3.96. The molecular formula is C11H17ClN2O2. The predicted molar refractivity (Wildman–Crippen MR) is 64.1 cm³/mol. The second-order valence-electron chi connectivity index (χ2n) is 3.96. The summed E-state index contributed by atoms with van der Waals surface area (Å²) >= 11 is 0. The minimum atomic E-state index is 0. The highest BCUT2D eigenvalue weighted by molar-refractivity contribution is 5.93. The van der Waals surface area contributed by atoms with Gasteiger partial charge in [0, 0.05) is 24.7 Å². The van der Waals surface area contributed by atoms with E-state index in [1.165, 1.54) is 0 Å². The highest BCUT2D eigenvalue weighted by Crippen LogP contribution is 2.16. The largest absolute Gasteiger partial charge is 0.459 e. The normalized spacial score (nSPS) is 19.6. The van der Waals surface area contributed by atoms with Crippen LogP contribution in [0.25, 0.3) is 0 Å². The Morgan fingerprint density at radius 3 is 2.88 bits per heavy atom. The van der Waals surface area contributed by atoms with Gasteiger partial charge < -0.3 is 14.6 Å². The zero-order chi connectivity index (χ0) is 10.8. The Morgan fingerprint density at radius 2 is 2.38 bits per heavy atom. The lowest BCUT2D eigenvalue weighted by molar-refractivity contribution is 0.0757. The molecule has 16 heavy (non-hydrogen) atoms. The molecule has 0 radical (unpaired) electrons. The van der Waals surface area contributed by atoms with Gasteiger partial charge in [-0.3, -0.25) is 4.79 Å². The van der Waals surface area contributed by atoms with Gasteiger partial charge >= 0.3 is 0 Å². The summed E-state index contributed by atoms with van der Waals surface area (Å²) < 4.78 is 5.20. The third-order valence-electron chi connectivity index (χ3n) is 2.94. The number of amides is 1. The van der Waals surface area contributed by atoms with Crippen molar-refractivity contribution < 1.29 is 9.21 Å². The van der Waals surface area contributed by atoms with Gasteiger partial charge in [-0.1, -0.05) is 0 Å². The second kappa shape index (κ2) is 5.37. The van der Waals surface area contributed by atoms with E-state index in [9.17, 15) is 4.79 Å². The number of rotatable bonds is 2. The third kappa shape index (κ3) is 2.39.